The average molecular weight is 339 g/mol. The van der Waals surface area contributed by atoms with Crippen LogP contribution in [0.3, 0.4) is 0 Å². The molecule has 114 valence electrons. The summed E-state index contributed by atoms with van der Waals surface area (Å²) in [6.45, 7) is 3.66. The molecule has 2 aromatic heterocycles. The van der Waals surface area contributed by atoms with Crippen molar-refractivity contribution in [1.29, 1.82) is 0 Å². The van der Waals surface area contributed by atoms with Crippen molar-refractivity contribution in [1.82, 2.24) is 19.3 Å². The molecule has 0 radical (unpaired) electrons. The number of rotatable bonds is 1. The van der Waals surface area contributed by atoms with E-state index >= 15 is 0 Å². The Labute approximate surface area is 135 Å². The van der Waals surface area contributed by atoms with E-state index < -0.39 is 0 Å². The summed E-state index contributed by atoms with van der Waals surface area (Å²) in [6.07, 6.45) is 1.34. The molecule has 8 heteroatoms. The lowest BCUT2D eigenvalue weighted by molar-refractivity contribution is 0.480. The van der Waals surface area contributed by atoms with E-state index in [-0.39, 0.29) is 32.3 Å². The Morgan fingerprint density at radius 3 is 2.50 bits per heavy atom. The van der Waals surface area contributed by atoms with Gasteiger partial charge >= 0.3 is 0 Å². The van der Waals surface area contributed by atoms with Gasteiger partial charge in [0.25, 0.3) is 5.56 Å². The van der Waals surface area contributed by atoms with Gasteiger partial charge in [0.05, 0.1) is 32.5 Å². The van der Waals surface area contributed by atoms with Crippen LogP contribution in [0.1, 0.15) is 11.4 Å². The van der Waals surface area contributed by atoms with Crippen LogP contribution < -0.4 is 5.56 Å². The summed E-state index contributed by atoms with van der Waals surface area (Å²) in [4.78, 5) is 16.9. The topological polar surface area (TPSA) is 72.9 Å². The first kappa shape index (κ1) is 14.9. The lowest BCUT2D eigenvalue weighted by atomic mass is 10.2. The van der Waals surface area contributed by atoms with Crippen LogP contribution in [0.5, 0.6) is 5.75 Å². The third-order valence-electron chi connectivity index (χ3n) is 3.63. The number of phenols is 1. The zero-order chi connectivity index (χ0) is 16.2. The van der Waals surface area contributed by atoms with Crippen LogP contribution in [-0.2, 0) is 7.05 Å². The number of hydrogen-bond donors (Lipinski definition) is 1. The fourth-order valence-electron chi connectivity index (χ4n) is 2.48. The predicted octanol–water partition coefficient (Wildman–Crippen LogP) is 2.75. The molecule has 1 N–H and O–H groups in total. The minimum atomic E-state index is -0.388. The molecule has 6 nitrogen and oxygen atoms in total. The van der Waals surface area contributed by atoms with Crippen LogP contribution >= 0.6 is 23.2 Å². The van der Waals surface area contributed by atoms with Gasteiger partial charge in [-0.3, -0.25) is 14.0 Å². The molecule has 0 aliphatic rings. The van der Waals surface area contributed by atoms with Gasteiger partial charge in [-0.25, -0.2) is 4.98 Å². The van der Waals surface area contributed by atoms with E-state index in [1.54, 1.807) is 18.7 Å². The maximum absolute atomic E-state index is 12.8. The number of halogens is 2. The van der Waals surface area contributed by atoms with Gasteiger partial charge in [-0.15, -0.1) is 0 Å². The fourth-order valence-corrected chi connectivity index (χ4v) is 3.02. The minimum Gasteiger partial charge on any atom is -0.504 e. The van der Waals surface area contributed by atoms with Gasteiger partial charge in [0.15, 0.2) is 5.75 Å². The fraction of sp³-hybridized carbons (Fsp3) is 0.214. The van der Waals surface area contributed by atoms with Crippen LogP contribution in [0.4, 0.5) is 0 Å². The maximum atomic E-state index is 12.8. The van der Waals surface area contributed by atoms with Crippen LogP contribution in [-0.4, -0.2) is 24.4 Å². The van der Waals surface area contributed by atoms with Gasteiger partial charge in [-0.1, -0.05) is 23.2 Å². The summed E-state index contributed by atoms with van der Waals surface area (Å²) >= 11 is 12.0. The summed E-state index contributed by atoms with van der Waals surface area (Å²) in [7, 11) is 1.80. The van der Waals surface area contributed by atoms with Crippen molar-refractivity contribution >= 4 is 34.1 Å². The highest BCUT2D eigenvalue weighted by atomic mass is 35.5. The van der Waals surface area contributed by atoms with Gasteiger partial charge in [-0.2, -0.15) is 5.10 Å². The molecule has 0 aliphatic carbocycles. The number of nitrogens with zero attached hydrogens (tertiary/aromatic N) is 4. The third kappa shape index (κ3) is 1.99. The van der Waals surface area contributed by atoms with Crippen LogP contribution in [0.2, 0.25) is 10.0 Å². The van der Waals surface area contributed by atoms with Gasteiger partial charge in [0, 0.05) is 7.05 Å². The minimum absolute atomic E-state index is 0.0517. The average Bonchev–Trinajstić information content (AvgIpc) is 2.70. The van der Waals surface area contributed by atoms with E-state index in [0.29, 0.717) is 11.4 Å². The van der Waals surface area contributed by atoms with E-state index in [2.05, 4.69) is 10.1 Å². The van der Waals surface area contributed by atoms with Gasteiger partial charge in [-0.05, 0) is 19.9 Å². The smallest absolute Gasteiger partial charge is 0.267 e. The van der Waals surface area contributed by atoms with Crippen molar-refractivity contribution < 1.29 is 5.11 Å². The number of benzene rings is 1. The Kier molecular flexibility index (Phi) is 3.38. The first-order valence-corrected chi connectivity index (χ1v) is 7.17. The quantitative estimate of drug-likeness (QED) is 0.740. The Balaban J connectivity index is 2.44. The van der Waals surface area contributed by atoms with Gasteiger partial charge in [0.2, 0.25) is 0 Å². The largest absolute Gasteiger partial charge is 0.504 e. The summed E-state index contributed by atoms with van der Waals surface area (Å²) in [5.41, 5.74) is 1.85. The van der Waals surface area contributed by atoms with Crippen molar-refractivity contribution in [2.24, 2.45) is 7.05 Å². The molecule has 3 rings (SSSR count). The van der Waals surface area contributed by atoms with Crippen molar-refractivity contribution in [3.63, 3.8) is 0 Å². The second-order valence-corrected chi connectivity index (χ2v) is 5.79. The maximum Gasteiger partial charge on any atom is 0.267 e. The van der Waals surface area contributed by atoms with Crippen molar-refractivity contribution in [3.05, 3.63) is 44.2 Å². The van der Waals surface area contributed by atoms with Crippen molar-refractivity contribution in [3.8, 4) is 11.4 Å². The van der Waals surface area contributed by atoms with E-state index in [0.717, 1.165) is 5.69 Å². The number of aromatic hydroxyl groups is 1. The SMILES string of the molecule is Cc1nn(C)c(C)c1-n1cnc2c(O)c(Cl)cc(Cl)c2c1=O. The zero-order valence-electron chi connectivity index (χ0n) is 12.1. The van der Waals surface area contributed by atoms with Crippen LogP contribution in [0.15, 0.2) is 17.2 Å². The number of hydrogen-bond acceptors (Lipinski definition) is 4. The molecule has 0 saturated heterocycles. The monoisotopic (exact) mass is 338 g/mol. The Hall–Kier alpha value is -2.05. The Morgan fingerprint density at radius 2 is 1.91 bits per heavy atom. The first-order chi connectivity index (χ1) is 10.3. The molecule has 0 spiro atoms. The van der Waals surface area contributed by atoms with Crippen LogP contribution in [0, 0.1) is 13.8 Å². The highest BCUT2D eigenvalue weighted by Gasteiger charge is 2.19. The number of phenolic OH excluding ortho intramolecular Hbond substituents is 1. The highest BCUT2D eigenvalue weighted by molar-refractivity contribution is 6.39. The molecule has 0 fully saturated rings. The zero-order valence-corrected chi connectivity index (χ0v) is 13.6. The molecule has 0 unspecified atom stereocenters. The second-order valence-electron chi connectivity index (χ2n) is 4.98. The number of fused-ring (bicyclic) bond motifs is 1. The van der Waals surface area contributed by atoms with E-state index in [4.69, 9.17) is 23.2 Å². The summed E-state index contributed by atoms with van der Waals surface area (Å²) < 4.78 is 3.06. The normalized spacial score (nSPS) is 11.3. The van der Waals surface area contributed by atoms with E-state index in [1.165, 1.54) is 17.0 Å². The summed E-state index contributed by atoms with van der Waals surface area (Å²) in [5.74, 6) is -0.259. The highest BCUT2D eigenvalue weighted by Crippen LogP contribution is 2.34. The Bertz CT molecular complexity index is 975. The molecule has 0 bridgehead atoms. The molecule has 2 heterocycles. The lowest BCUT2D eigenvalue weighted by Gasteiger charge is -2.09. The second kappa shape index (κ2) is 5.00. The number of aromatic nitrogens is 4. The molecule has 1 aromatic carbocycles. The summed E-state index contributed by atoms with van der Waals surface area (Å²) in [6, 6.07) is 1.33. The first-order valence-electron chi connectivity index (χ1n) is 6.41. The predicted molar refractivity (Wildman–Crippen MR) is 85.3 cm³/mol. The van der Waals surface area contributed by atoms with Crippen molar-refractivity contribution in [2.75, 3.05) is 0 Å². The van der Waals surface area contributed by atoms with E-state index in [1.807, 2.05) is 6.92 Å². The molecule has 3 aromatic rings. The van der Waals surface area contributed by atoms with Crippen molar-refractivity contribution in [2.45, 2.75) is 13.8 Å². The van der Waals surface area contributed by atoms with Crippen LogP contribution in [0.25, 0.3) is 16.6 Å². The lowest BCUT2D eigenvalue weighted by Crippen LogP contribution is -2.20. The Morgan fingerprint density at radius 1 is 1.23 bits per heavy atom. The molecular weight excluding hydrogens is 327 g/mol. The summed E-state index contributed by atoms with van der Waals surface area (Å²) in [5, 5.41) is 14.6. The molecule has 0 saturated carbocycles. The van der Waals surface area contributed by atoms with Gasteiger partial charge in [0.1, 0.15) is 11.8 Å². The molecule has 22 heavy (non-hydrogen) atoms. The number of aryl methyl sites for hydroxylation is 2. The van der Waals surface area contributed by atoms with Gasteiger partial charge < -0.3 is 5.11 Å². The van der Waals surface area contributed by atoms with E-state index in [9.17, 15) is 9.90 Å². The third-order valence-corrected chi connectivity index (χ3v) is 4.21. The molecular formula is C14H12Cl2N4O2. The molecule has 0 aliphatic heterocycles. The molecule has 0 atom stereocenters. The molecule has 0 amide bonds. The standard InChI is InChI=1S/C14H12Cl2N4O2/c1-6-12(7(2)19(3)18-6)20-5-17-11-10(14(20)22)8(15)4-9(16)13(11)21/h4-5,21H,1-3H3.